The molecule has 0 aliphatic heterocycles. The van der Waals surface area contributed by atoms with E-state index in [1.54, 1.807) is 12.3 Å². The number of fused-ring (bicyclic) bond motifs is 1. The first kappa shape index (κ1) is 18.6. The van der Waals surface area contributed by atoms with Gasteiger partial charge in [-0.1, -0.05) is 63.2 Å². The van der Waals surface area contributed by atoms with Crippen LogP contribution in [0.5, 0.6) is 0 Å². The fraction of sp³-hybridized carbons (Fsp3) is 0.227. The number of nitrogens with one attached hydrogen (secondary N) is 2. The lowest BCUT2D eigenvalue weighted by molar-refractivity contribution is -0.136. The fourth-order valence-electron chi connectivity index (χ4n) is 2.71. The van der Waals surface area contributed by atoms with Crippen LogP contribution in [0.15, 0.2) is 60.8 Å². The zero-order valence-electron chi connectivity index (χ0n) is 15.7. The molecule has 0 fully saturated rings. The Kier molecular flexibility index (Phi) is 5.21. The van der Waals surface area contributed by atoms with E-state index in [-0.39, 0.29) is 5.41 Å². The monoisotopic (exact) mass is 361 g/mol. The molecule has 0 saturated carbocycles. The van der Waals surface area contributed by atoms with Crippen molar-refractivity contribution in [3.8, 4) is 0 Å². The normalized spacial score (nSPS) is 11.2. The third-order valence-electron chi connectivity index (χ3n) is 4.33. The first-order valence-corrected chi connectivity index (χ1v) is 8.86. The Morgan fingerprint density at radius 2 is 1.67 bits per heavy atom. The Morgan fingerprint density at radius 3 is 2.37 bits per heavy atom. The lowest BCUT2D eigenvalue weighted by Gasteiger charge is -2.19. The molecule has 27 heavy (non-hydrogen) atoms. The number of rotatable bonds is 3. The number of aromatic nitrogens is 1. The van der Waals surface area contributed by atoms with E-state index in [9.17, 15) is 9.59 Å². The molecule has 3 rings (SSSR count). The molecule has 0 atom stereocenters. The Labute approximate surface area is 158 Å². The smallest absolute Gasteiger partial charge is 0.313 e. The van der Waals surface area contributed by atoms with Crippen molar-refractivity contribution in [1.82, 2.24) is 10.3 Å². The number of anilines is 1. The molecular weight excluding hydrogens is 338 g/mol. The molecule has 0 saturated heterocycles. The highest BCUT2D eigenvalue weighted by Gasteiger charge is 2.15. The first-order valence-electron chi connectivity index (χ1n) is 8.86. The molecule has 0 bridgehead atoms. The van der Waals surface area contributed by atoms with E-state index in [0.29, 0.717) is 12.2 Å². The molecular formula is C22H23N3O2. The van der Waals surface area contributed by atoms with Crippen molar-refractivity contribution in [2.45, 2.75) is 32.7 Å². The van der Waals surface area contributed by atoms with Gasteiger partial charge in [0.1, 0.15) is 0 Å². The largest absolute Gasteiger partial charge is 0.344 e. The van der Waals surface area contributed by atoms with Gasteiger partial charge in [-0.3, -0.25) is 14.6 Å². The first-order chi connectivity index (χ1) is 12.8. The minimum atomic E-state index is -0.710. The van der Waals surface area contributed by atoms with E-state index < -0.39 is 11.8 Å². The summed E-state index contributed by atoms with van der Waals surface area (Å²) in [5.41, 5.74) is 3.56. The van der Waals surface area contributed by atoms with Crippen molar-refractivity contribution in [2.75, 3.05) is 5.32 Å². The molecule has 5 nitrogen and oxygen atoms in total. The molecule has 0 aliphatic rings. The number of carbonyl (C=O) groups excluding carboxylic acids is 2. The van der Waals surface area contributed by atoms with Gasteiger partial charge in [0.05, 0.1) is 17.4 Å². The third kappa shape index (κ3) is 4.70. The van der Waals surface area contributed by atoms with Crippen molar-refractivity contribution in [3.63, 3.8) is 0 Å². The van der Waals surface area contributed by atoms with Crippen molar-refractivity contribution >= 4 is 28.4 Å². The lowest BCUT2D eigenvalue weighted by Crippen LogP contribution is -2.35. The maximum Gasteiger partial charge on any atom is 0.313 e. The van der Waals surface area contributed by atoms with E-state index in [1.165, 1.54) is 5.56 Å². The van der Waals surface area contributed by atoms with Crippen LogP contribution in [0, 0.1) is 0 Å². The Bertz CT molecular complexity index is 973. The predicted molar refractivity (Wildman–Crippen MR) is 107 cm³/mol. The van der Waals surface area contributed by atoms with E-state index in [0.717, 1.165) is 16.5 Å². The number of benzene rings is 2. The summed E-state index contributed by atoms with van der Waals surface area (Å²) in [6.07, 6.45) is 1.54. The average molecular weight is 361 g/mol. The Balaban J connectivity index is 1.58. The van der Waals surface area contributed by atoms with Crippen LogP contribution in [0.25, 0.3) is 10.9 Å². The van der Waals surface area contributed by atoms with Crippen LogP contribution in [0.3, 0.4) is 0 Å². The molecule has 5 heteroatoms. The maximum atomic E-state index is 12.1. The highest BCUT2D eigenvalue weighted by Crippen LogP contribution is 2.22. The molecule has 2 N–H and O–H groups in total. The molecule has 2 aromatic carbocycles. The lowest BCUT2D eigenvalue weighted by atomic mass is 9.87. The van der Waals surface area contributed by atoms with Gasteiger partial charge in [-0.25, -0.2) is 0 Å². The molecule has 0 spiro atoms. The van der Waals surface area contributed by atoms with Gasteiger partial charge in [-0.05, 0) is 28.7 Å². The second kappa shape index (κ2) is 7.58. The SMILES string of the molecule is CC(C)(C)c1ccc(CNC(=O)C(=O)Nc2cnc3ccccc3c2)cc1. The number of nitrogens with zero attached hydrogens (tertiary/aromatic N) is 1. The van der Waals surface area contributed by atoms with E-state index >= 15 is 0 Å². The summed E-state index contributed by atoms with van der Waals surface area (Å²) >= 11 is 0. The minimum Gasteiger partial charge on any atom is -0.344 e. The van der Waals surface area contributed by atoms with Crippen LogP contribution in [0.4, 0.5) is 5.69 Å². The van der Waals surface area contributed by atoms with Gasteiger partial charge in [0.2, 0.25) is 0 Å². The summed E-state index contributed by atoms with van der Waals surface area (Å²) in [6.45, 7) is 6.74. The van der Waals surface area contributed by atoms with Gasteiger partial charge in [-0.15, -0.1) is 0 Å². The Hall–Kier alpha value is -3.21. The van der Waals surface area contributed by atoms with E-state index in [2.05, 4.69) is 36.4 Å². The van der Waals surface area contributed by atoms with Crippen LogP contribution >= 0.6 is 0 Å². The third-order valence-corrected chi connectivity index (χ3v) is 4.33. The summed E-state index contributed by atoms with van der Waals surface area (Å²) in [5, 5.41) is 6.13. The summed E-state index contributed by atoms with van der Waals surface area (Å²) in [4.78, 5) is 28.4. The molecule has 0 aliphatic carbocycles. The van der Waals surface area contributed by atoms with Gasteiger partial charge in [0, 0.05) is 11.9 Å². The predicted octanol–water partition coefficient (Wildman–Crippen LogP) is 3.79. The highest BCUT2D eigenvalue weighted by molar-refractivity contribution is 6.39. The van der Waals surface area contributed by atoms with E-state index in [1.807, 2.05) is 48.5 Å². The summed E-state index contributed by atoms with van der Waals surface area (Å²) in [6, 6.07) is 17.4. The van der Waals surface area contributed by atoms with Crippen LogP contribution in [0.1, 0.15) is 31.9 Å². The number of para-hydroxylation sites is 1. The second-order valence-corrected chi connectivity index (χ2v) is 7.50. The van der Waals surface area contributed by atoms with Gasteiger partial charge >= 0.3 is 11.8 Å². The number of hydrogen-bond acceptors (Lipinski definition) is 3. The number of amides is 2. The van der Waals surface area contributed by atoms with Crippen molar-refractivity contribution in [1.29, 1.82) is 0 Å². The summed E-state index contributed by atoms with van der Waals surface area (Å²) in [7, 11) is 0. The fourth-order valence-corrected chi connectivity index (χ4v) is 2.71. The average Bonchev–Trinajstić information content (AvgIpc) is 2.65. The molecule has 0 radical (unpaired) electrons. The van der Waals surface area contributed by atoms with Gasteiger partial charge < -0.3 is 10.6 Å². The molecule has 2 amide bonds. The molecule has 1 heterocycles. The number of carbonyl (C=O) groups is 2. The van der Waals surface area contributed by atoms with Gasteiger partial charge in [0.25, 0.3) is 0 Å². The molecule has 138 valence electrons. The Morgan fingerprint density at radius 1 is 0.963 bits per heavy atom. The zero-order valence-corrected chi connectivity index (χ0v) is 15.7. The molecule has 1 aromatic heterocycles. The summed E-state index contributed by atoms with van der Waals surface area (Å²) < 4.78 is 0. The second-order valence-electron chi connectivity index (χ2n) is 7.50. The van der Waals surface area contributed by atoms with Crippen molar-refractivity contribution in [2.24, 2.45) is 0 Å². The molecule has 3 aromatic rings. The standard InChI is InChI=1S/C22H23N3O2/c1-22(2,3)17-10-8-15(9-11-17)13-24-20(26)21(27)25-18-12-16-6-4-5-7-19(16)23-14-18/h4-12,14H,13H2,1-3H3,(H,24,26)(H,25,27). The van der Waals surface area contributed by atoms with Crippen LogP contribution in [-0.2, 0) is 21.5 Å². The quantitative estimate of drug-likeness (QED) is 0.697. The van der Waals surface area contributed by atoms with Gasteiger partial charge in [-0.2, -0.15) is 0 Å². The number of hydrogen-bond donors (Lipinski definition) is 2. The number of pyridine rings is 1. The molecule has 0 unspecified atom stereocenters. The summed E-state index contributed by atoms with van der Waals surface area (Å²) in [5.74, 6) is -1.39. The van der Waals surface area contributed by atoms with Gasteiger partial charge in [0.15, 0.2) is 0 Å². The van der Waals surface area contributed by atoms with Crippen LogP contribution < -0.4 is 10.6 Å². The maximum absolute atomic E-state index is 12.1. The topological polar surface area (TPSA) is 71.1 Å². The van der Waals surface area contributed by atoms with E-state index in [4.69, 9.17) is 0 Å². The van der Waals surface area contributed by atoms with Crippen LogP contribution in [-0.4, -0.2) is 16.8 Å². The van der Waals surface area contributed by atoms with Crippen LogP contribution in [0.2, 0.25) is 0 Å². The van der Waals surface area contributed by atoms with Crippen molar-refractivity contribution in [3.05, 3.63) is 71.9 Å². The highest BCUT2D eigenvalue weighted by atomic mass is 16.2. The minimum absolute atomic E-state index is 0.0789. The zero-order chi connectivity index (χ0) is 19.4. The van der Waals surface area contributed by atoms with Crippen molar-refractivity contribution < 1.29 is 9.59 Å².